The topological polar surface area (TPSA) is 106 Å². The van der Waals surface area contributed by atoms with Crippen molar-refractivity contribution in [1.29, 1.82) is 5.26 Å². The van der Waals surface area contributed by atoms with Crippen LogP contribution < -0.4 is 0 Å². The Morgan fingerprint density at radius 2 is 2.04 bits per heavy atom. The smallest absolute Gasteiger partial charge is 0.280 e. The molecule has 0 aliphatic carbocycles. The maximum absolute atomic E-state index is 11.2. The Hall–Kier alpha value is -3.96. The van der Waals surface area contributed by atoms with Crippen molar-refractivity contribution in [2.24, 2.45) is 0 Å². The Bertz CT molecular complexity index is 1210. The molecule has 0 fully saturated rings. The van der Waals surface area contributed by atoms with Gasteiger partial charge < -0.3 is 8.83 Å². The molecule has 0 amide bonds. The third-order valence-corrected chi connectivity index (χ3v) is 4.78. The van der Waals surface area contributed by atoms with Crippen molar-refractivity contribution in [1.82, 2.24) is 4.98 Å². The molecule has 28 heavy (non-hydrogen) atoms. The predicted molar refractivity (Wildman–Crippen MR) is 104 cm³/mol. The number of nitro groups is 1. The molecule has 0 spiro atoms. The summed E-state index contributed by atoms with van der Waals surface area (Å²) in [6, 6.07) is 15.3. The molecular weight excluding hydrogens is 378 g/mol. The Kier molecular flexibility index (Phi) is 4.58. The zero-order chi connectivity index (χ0) is 19.5. The van der Waals surface area contributed by atoms with Gasteiger partial charge in [-0.1, -0.05) is 12.1 Å². The van der Waals surface area contributed by atoms with Crippen molar-refractivity contribution in [3.8, 4) is 28.8 Å². The molecule has 0 unspecified atom stereocenters. The van der Waals surface area contributed by atoms with Gasteiger partial charge in [-0.2, -0.15) is 5.26 Å². The SMILES string of the molecule is N#C/C(=C\c1ccc(-c2ccccc2[N+](=O)[O-])o1)c1nc(-c2ccco2)cs1. The molecule has 136 valence electrons. The number of benzene rings is 1. The molecule has 0 bridgehead atoms. The summed E-state index contributed by atoms with van der Waals surface area (Å²) in [5.41, 5.74) is 1.30. The van der Waals surface area contributed by atoms with Crippen LogP contribution in [0.5, 0.6) is 0 Å². The van der Waals surface area contributed by atoms with Gasteiger partial charge in [0.15, 0.2) is 5.76 Å². The molecule has 0 saturated heterocycles. The minimum atomic E-state index is -0.459. The van der Waals surface area contributed by atoms with E-state index in [2.05, 4.69) is 11.1 Å². The number of furan rings is 2. The van der Waals surface area contributed by atoms with Crippen LogP contribution >= 0.6 is 11.3 Å². The van der Waals surface area contributed by atoms with E-state index in [4.69, 9.17) is 8.83 Å². The summed E-state index contributed by atoms with van der Waals surface area (Å²) >= 11 is 1.32. The van der Waals surface area contributed by atoms with Crippen molar-refractivity contribution in [3.05, 3.63) is 81.1 Å². The molecule has 0 atom stereocenters. The van der Waals surface area contributed by atoms with Gasteiger partial charge in [0.2, 0.25) is 0 Å². The van der Waals surface area contributed by atoms with Gasteiger partial charge in [0, 0.05) is 17.5 Å². The number of aromatic nitrogens is 1. The van der Waals surface area contributed by atoms with E-state index >= 15 is 0 Å². The molecule has 0 N–H and O–H groups in total. The largest absolute Gasteiger partial charge is 0.463 e. The van der Waals surface area contributed by atoms with Crippen LogP contribution in [-0.4, -0.2) is 9.91 Å². The number of rotatable bonds is 5. The van der Waals surface area contributed by atoms with Crippen molar-refractivity contribution >= 4 is 28.7 Å². The number of nitrogens with zero attached hydrogens (tertiary/aromatic N) is 3. The molecule has 3 heterocycles. The van der Waals surface area contributed by atoms with E-state index in [9.17, 15) is 15.4 Å². The van der Waals surface area contributed by atoms with Crippen molar-refractivity contribution in [2.45, 2.75) is 0 Å². The van der Waals surface area contributed by atoms with E-state index in [1.807, 2.05) is 0 Å². The van der Waals surface area contributed by atoms with E-state index in [0.29, 0.717) is 39.1 Å². The standard InChI is InChI=1S/C20H11N3O4S/c21-11-13(20-22-16(12-28-20)19-6-3-9-26-19)10-14-7-8-18(27-14)15-4-1-2-5-17(15)23(24)25/h1-10,12H/b13-10+. The van der Waals surface area contributed by atoms with Crippen LogP contribution in [0.4, 0.5) is 5.69 Å². The van der Waals surface area contributed by atoms with Gasteiger partial charge >= 0.3 is 0 Å². The number of allylic oxidation sites excluding steroid dienone is 1. The van der Waals surface area contributed by atoms with Crippen LogP contribution in [0.2, 0.25) is 0 Å². The maximum Gasteiger partial charge on any atom is 0.280 e. The highest BCUT2D eigenvalue weighted by molar-refractivity contribution is 7.11. The first-order valence-corrected chi connectivity index (χ1v) is 8.99. The first-order valence-electron chi connectivity index (χ1n) is 8.11. The van der Waals surface area contributed by atoms with Crippen LogP contribution in [-0.2, 0) is 0 Å². The molecule has 8 heteroatoms. The second-order valence-corrected chi connectivity index (χ2v) is 6.52. The Labute approximate surface area is 163 Å². The molecule has 0 aliphatic rings. The molecule has 4 rings (SSSR count). The van der Waals surface area contributed by atoms with Gasteiger partial charge in [-0.3, -0.25) is 10.1 Å². The molecule has 4 aromatic rings. The lowest BCUT2D eigenvalue weighted by Crippen LogP contribution is -1.90. The third kappa shape index (κ3) is 3.34. The van der Waals surface area contributed by atoms with Gasteiger partial charge in [0.05, 0.1) is 22.3 Å². The Morgan fingerprint density at radius 1 is 1.18 bits per heavy atom. The highest BCUT2D eigenvalue weighted by Gasteiger charge is 2.17. The quantitative estimate of drug-likeness (QED) is 0.248. The monoisotopic (exact) mass is 389 g/mol. The lowest BCUT2D eigenvalue weighted by Gasteiger charge is -1.98. The highest BCUT2D eigenvalue weighted by atomic mass is 32.1. The molecule has 7 nitrogen and oxygen atoms in total. The molecule has 0 saturated carbocycles. The average molecular weight is 389 g/mol. The van der Waals surface area contributed by atoms with Gasteiger partial charge in [0.25, 0.3) is 5.69 Å². The van der Waals surface area contributed by atoms with Crippen LogP contribution in [0.15, 0.2) is 69.0 Å². The van der Waals surface area contributed by atoms with Gasteiger partial charge in [-0.05, 0) is 30.3 Å². The number of nitro benzene ring substituents is 1. The normalized spacial score (nSPS) is 11.3. The van der Waals surface area contributed by atoms with Gasteiger partial charge in [-0.15, -0.1) is 11.3 Å². The van der Waals surface area contributed by atoms with Crippen molar-refractivity contribution in [3.63, 3.8) is 0 Å². The molecule has 0 aliphatic heterocycles. The summed E-state index contributed by atoms with van der Waals surface area (Å²) in [6.45, 7) is 0. The minimum absolute atomic E-state index is 0.0455. The number of hydrogen-bond acceptors (Lipinski definition) is 7. The fourth-order valence-electron chi connectivity index (χ4n) is 2.64. The second-order valence-electron chi connectivity index (χ2n) is 5.66. The summed E-state index contributed by atoms with van der Waals surface area (Å²) in [7, 11) is 0. The molecule has 0 radical (unpaired) electrons. The summed E-state index contributed by atoms with van der Waals surface area (Å²) in [6.07, 6.45) is 3.12. The second kappa shape index (κ2) is 7.34. The molecule has 3 aromatic heterocycles. The molecule has 1 aromatic carbocycles. The summed E-state index contributed by atoms with van der Waals surface area (Å²) in [5, 5.41) is 23.1. The van der Waals surface area contributed by atoms with E-state index < -0.39 is 4.92 Å². The first-order chi connectivity index (χ1) is 13.7. The van der Waals surface area contributed by atoms with E-state index in [-0.39, 0.29) is 5.69 Å². The summed E-state index contributed by atoms with van der Waals surface area (Å²) in [4.78, 5) is 15.2. The van der Waals surface area contributed by atoms with Crippen LogP contribution in [0, 0.1) is 21.4 Å². The van der Waals surface area contributed by atoms with E-state index in [1.54, 1.807) is 60.2 Å². The average Bonchev–Trinajstić information content (AvgIpc) is 3.47. The minimum Gasteiger partial charge on any atom is -0.463 e. The lowest BCUT2D eigenvalue weighted by molar-refractivity contribution is -0.384. The summed E-state index contributed by atoms with van der Waals surface area (Å²) in [5.74, 6) is 1.38. The van der Waals surface area contributed by atoms with Gasteiger partial charge in [0.1, 0.15) is 28.3 Å². The Morgan fingerprint density at radius 3 is 2.79 bits per heavy atom. The Balaban J connectivity index is 1.66. The zero-order valence-electron chi connectivity index (χ0n) is 14.2. The number of thiazole rings is 1. The molecular formula is C20H11N3O4S. The lowest BCUT2D eigenvalue weighted by atomic mass is 10.1. The van der Waals surface area contributed by atoms with Crippen LogP contribution in [0.1, 0.15) is 10.8 Å². The number of nitriles is 1. The predicted octanol–water partition coefficient (Wildman–Crippen LogP) is 5.64. The fraction of sp³-hybridized carbons (Fsp3) is 0. The number of hydrogen-bond donors (Lipinski definition) is 0. The van der Waals surface area contributed by atoms with Crippen LogP contribution in [0.25, 0.3) is 34.4 Å². The van der Waals surface area contributed by atoms with E-state index in [0.717, 1.165) is 0 Å². The van der Waals surface area contributed by atoms with E-state index in [1.165, 1.54) is 17.4 Å². The number of para-hydroxylation sites is 1. The fourth-order valence-corrected chi connectivity index (χ4v) is 3.41. The first kappa shape index (κ1) is 17.5. The third-order valence-electron chi connectivity index (χ3n) is 3.91. The highest BCUT2D eigenvalue weighted by Crippen LogP contribution is 2.32. The van der Waals surface area contributed by atoms with Crippen molar-refractivity contribution < 1.29 is 13.8 Å². The van der Waals surface area contributed by atoms with Gasteiger partial charge in [-0.25, -0.2) is 4.98 Å². The summed E-state index contributed by atoms with van der Waals surface area (Å²) < 4.78 is 11.0. The zero-order valence-corrected chi connectivity index (χ0v) is 15.1. The van der Waals surface area contributed by atoms with Crippen LogP contribution in [0.3, 0.4) is 0 Å². The van der Waals surface area contributed by atoms with Crippen molar-refractivity contribution in [2.75, 3.05) is 0 Å². The maximum atomic E-state index is 11.2.